The van der Waals surface area contributed by atoms with Crippen molar-refractivity contribution in [2.75, 3.05) is 13.7 Å². The van der Waals surface area contributed by atoms with Gasteiger partial charge in [0.15, 0.2) is 8.32 Å². The second-order valence-corrected chi connectivity index (χ2v) is 23.3. The molecular weight excluding hydrogens is 689 g/mol. The molecule has 5 aromatic rings. The molecule has 0 saturated carbocycles. The first-order chi connectivity index (χ1) is 26.9. The molecule has 8 bridgehead atoms. The maximum atomic E-state index is 10.4. The van der Waals surface area contributed by atoms with Crippen LogP contribution in [-0.4, -0.2) is 26.8 Å². The van der Waals surface area contributed by atoms with Crippen molar-refractivity contribution in [1.82, 2.24) is 0 Å². The molecule has 8 aliphatic rings. The molecule has 5 aromatic carbocycles. The average Bonchev–Trinajstić information content (AvgIpc) is 4.06. The Labute approximate surface area is 326 Å². The summed E-state index contributed by atoms with van der Waals surface area (Å²) in [6.07, 6.45) is 9.27. The van der Waals surface area contributed by atoms with E-state index in [1.807, 2.05) is 7.11 Å². The highest BCUT2D eigenvalue weighted by Crippen LogP contribution is 2.71. The fraction of sp³-hybridized carbons (Fsp3) is 0.412. The fourth-order valence-corrected chi connectivity index (χ4v) is 15.1. The Morgan fingerprint density at radius 2 is 0.818 bits per heavy atom. The average molecular weight is 739 g/mol. The number of hydrogen-bond donors (Lipinski definition) is 1. The molecule has 8 unspecified atom stereocenters. The minimum absolute atomic E-state index is 0.367. The van der Waals surface area contributed by atoms with E-state index in [0.29, 0.717) is 47.3 Å². The van der Waals surface area contributed by atoms with E-state index in [0.717, 1.165) is 44.8 Å². The van der Waals surface area contributed by atoms with Crippen molar-refractivity contribution in [2.45, 2.75) is 118 Å². The Morgan fingerprint density at radius 1 is 0.473 bits per heavy atom. The summed E-state index contributed by atoms with van der Waals surface area (Å²) in [6.45, 7) is 4.89. The summed E-state index contributed by atoms with van der Waals surface area (Å²) in [4.78, 5) is 10.4. The molecule has 8 aliphatic carbocycles. The highest BCUT2D eigenvalue weighted by atomic mass is 28.4. The zero-order valence-electron chi connectivity index (χ0n) is 32.4. The minimum Gasteiger partial charge on any atom is -0.496 e. The van der Waals surface area contributed by atoms with E-state index >= 15 is 0 Å². The topological polar surface area (TPSA) is 38.7 Å². The van der Waals surface area contributed by atoms with Gasteiger partial charge in [0.2, 0.25) is 0 Å². The van der Waals surface area contributed by atoms with E-state index < -0.39 is 8.32 Å². The third-order valence-electron chi connectivity index (χ3n) is 16.0. The molecule has 8 atom stereocenters. The quantitative estimate of drug-likeness (QED) is 0.121. The number of fused-ring (bicyclic) bond motifs is 32. The van der Waals surface area contributed by atoms with Gasteiger partial charge in [-0.15, -0.1) is 0 Å². The molecule has 0 radical (unpaired) electrons. The van der Waals surface area contributed by atoms with Crippen LogP contribution < -0.4 is 9.47 Å². The SMILES string of the molecule is COc1c2c(c(OCCCCCC[Si](C)(C)O)c3c1C1CC3c3cc4c(cc31)C1CC4c3ccccc31)C1CC2c2cc3c(cc21)C1CC3c2ccccc21. The molecular formula is C51H50O3Si. The monoisotopic (exact) mass is 738 g/mol. The number of methoxy groups -OCH3 is 1. The van der Waals surface area contributed by atoms with Gasteiger partial charge < -0.3 is 14.3 Å². The molecule has 0 heterocycles. The second kappa shape index (κ2) is 11.0. The standard InChI is InChI=1S/C51H50O3Si/c1-53-50-46-42-24-44(40-22-36-32-18-30(34(36)20-38(40)42)26-12-6-8-14-28(26)32)48(46)51(54-16-10-4-5-11-17-55(2,3)52)49-45-25-43(47(49)50)39-21-35-31-19-33(37(35)23-41(39)45)29-15-9-7-13-27(29)31/h6-9,12-15,20-23,30-33,42-45,52H,4-5,10-11,16-19,24-25H2,1-3H3. The van der Waals surface area contributed by atoms with E-state index in [2.05, 4.69) is 85.9 Å². The Hall–Kier alpha value is -4.12. The molecule has 0 aromatic heterocycles. The first-order valence-electron chi connectivity index (χ1n) is 21.5. The van der Waals surface area contributed by atoms with Crippen molar-refractivity contribution in [3.63, 3.8) is 0 Å². The zero-order chi connectivity index (χ0) is 36.5. The summed E-state index contributed by atoms with van der Waals surface area (Å²) in [5, 5.41) is 0. The molecule has 4 heteroatoms. The maximum absolute atomic E-state index is 10.4. The van der Waals surface area contributed by atoms with E-state index in [1.54, 1.807) is 66.8 Å². The Morgan fingerprint density at radius 3 is 1.20 bits per heavy atom. The predicted molar refractivity (Wildman–Crippen MR) is 220 cm³/mol. The van der Waals surface area contributed by atoms with Crippen LogP contribution in [0.5, 0.6) is 11.5 Å². The third kappa shape index (κ3) is 4.11. The van der Waals surface area contributed by atoms with Crippen LogP contribution in [0, 0.1) is 0 Å². The van der Waals surface area contributed by atoms with E-state index in [9.17, 15) is 4.80 Å². The van der Waals surface area contributed by atoms with Crippen LogP contribution in [0.2, 0.25) is 19.1 Å². The van der Waals surface area contributed by atoms with Gasteiger partial charge in [-0.3, -0.25) is 0 Å². The molecule has 0 amide bonds. The highest BCUT2D eigenvalue weighted by Gasteiger charge is 2.55. The molecule has 276 valence electrons. The number of ether oxygens (including phenoxy) is 2. The first-order valence-corrected chi connectivity index (χ1v) is 24.7. The van der Waals surface area contributed by atoms with E-state index in [4.69, 9.17) is 9.47 Å². The van der Waals surface area contributed by atoms with Crippen LogP contribution >= 0.6 is 0 Å². The van der Waals surface area contributed by atoms with Crippen molar-refractivity contribution in [3.8, 4) is 11.5 Å². The number of benzene rings is 5. The molecule has 0 saturated heterocycles. The van der Waals surface area contributed by atoms with Gasteiger partial charge in [0, 0.05) is 69.6 Å². The summed E-state index contributed by atoms with van der Waals surface area (Å²) < 4.78 is 13.9. The lowest BCUT2D eigenvalue weighted by Crippen LogP contribution is -2.23. The summed E-state index contributed by atoms with van der Waals surface area (Å²) in [6, 6.07) is 30.1. The second-order valence-electron chi connectivity index (χ2n) is 19.2. The van der Waals surface area contributed by atoms with E-state index in [-0.39, 0.29) is 0 Å². The molecule has 0 aliphatic heterocycles. The van der Waals surface area contributed by atoms with Crippen molar-refractivity contribution >= 4 is 8.32 Å². The van der Waals surface area contributed by atoms with E-state index in [1.165, 1.54) is 53.0 Å². The molecule has 1 N–H and O–H groups in total. The maximum Gasteiger partial charge on any atom is 0.182 e. The number of rotatable bonds is 9. The molecule has 0 fully saturated rings. The molecule has 13 rings (SSSR count). The Balaban J connectivity index is 0.918. The van der Waals surface area contributed by atoms with Gasteiger partial charge in [-0.25, -0.2) is 0 Å². The summed E-state index contributed by atoms with van der Waals surface area (Å²) in [5.41, 5.74) is 24.8. The van der Waals surface area contributed by atoms with Gasteiger partial charge in [0.25, 0.3) is 0 Å². The summed E-state index contributed by atoms with van der Waals surface area (Å²) >= 11 is 0. The zero-order valence-corrected chi connectivity index (χ0v) is 33.4. The largest absolute Gasteiger partial charge is 0.496 e. The molecule has 3 nitrogen and oxygen atoms in total. The summed E-state index contributed by atoms with van der Waals surface area (Å²) in [7, 11) is -0.0367. The van der Waals surface area contributed by atoms with Crippen molar-refractivity contribution in [1.29, 1.82) is 0 Å². The Bertz CT molecular complexity index is 2370. The Kier molecular flexibility index (Phi) is 6.43. The van der Waals surface area contributed by atoms with Gasteiger partial charge in [0.1, 0.15) is 11.5 Å². The van der Waals surface area contributed by atoms with Gasteiger partial charge in [-0.1, -0.05) is 92.1 Å². The van der Waals surface area contributed by atoms with Gasteiger partial charge in [0.05, 0.1) is 13.7 Å². The van der Waals surface area contributed by atoms with Crippen LogP contribution in [0.15, 0.2) is 72.8 Å². The predicted octanol–water partition coefficient (Wildman–Crippen LogP) is 11.8. The lowest BCUT2D eigenvalue weighted by Gasteiger charge is -2.33. The third-order valence-corrected chi connectivity index (χ3v) is 17.6. The fourth-order valence-electron chi connectivity index (χ4n) is 14.0. The van der Waals surface area contributed by atoms with Gasteiger partial charge in [-0.05, 0) is 118 Å². The van der Waals surface area contributed by atoms with Gasteiger partial charge in [-0.2, -0.15) is 0 Å². The first kappa shape index (κ1) is 32.0. The lowest BCUT2D eigenvalue weighted by molar-refractivity contribution is 0.296. The smallest absolute Gasteiger partial charge is 0.182 e. The van der Waals surface area contributed by atoms with Crippen molar-refractivity contribution in [2.24, 2.45) is 0 Å². The number of hydrogen-bond acceptors (Lipinski definition) is 3. The van der Waals surface area contributed by atoms with Crippen LogP contribution in [0.3, 0.4) is 0 Å². The van der Waals surface area contributed by atoms with Crippen LogP contribution in [0.25, 0.3) is 0 Å². The molecule has 0 spiro atoms. The van der Waals surface area contributed by atoms with Crippen LogP contribution in [0.4, 0.5) is 0 Å². The van der Waals surface area contributed by atoms with Crippen molar-refractivity contribution < 1.29 is 14.3 Å². The lowest BCUT2D eigenvalue weighted by atomic mass is 9.74. The summed E-state index contributed by atoms with van der Waals surface area (Å²) in [5.74, 6) is 6.06. The number of unbranched alkanes of at least 4 members (excludes halogenated alkanes) is 3. The minimum atomic E-state index is -1.99. The molecule has 55 heavy (non-hydrogen) atoms. The van der Waals surface area contributed by atoms with Crippen LogP contribution in [0.1, 0.15) is 188 Å². The normalized spacial score (nSPS) is 27.8. The highest BCUT2D eigenvalue weighted by molar-refractivity contribution is 6.69. The van der Waals surface area contributed by atoms with Crippen molar-refractivity contribution in [3.05, 3.63) is 162 Å². The van der Waals surface area contributed by atoms with Crippen LogP contribution in [-0.2, 0) is 0 Å². The van der Waals surface area contributed by atoms with Gasteiger partial charge >= 0.3 is 0 Å².